The molecule has 0 spiro atoms. The van der Waals surface area contributed by atoms with Crippen LogP contribution < -0.4 is 5.73 Å². The summed E-state index contributed by atoms with van der Waals surface area (Å²) in [4.78, 5) is 0. The van der Waals surface area contributed by atoms with Crippen LogP contribution >= 0.6 is 0 Å². The molecule has 0 radical (unpaired) electrons. The quantitative estimate of drug-likeness (QED) is 0.822. The summed E-state index contributed by atoms with van der Waals surface area (Å²) < 4.78 is 10.4. The lowest BCUT2D eigenvalue weighted by Gasteiger charge is -2.21. The Labute approximate surface area is 101 Å². The van der Waals surface area contributed by atoms with Crippen molar-refractivity contribution in [3.05, 3.63) is 48.0 Å². The van der Waals surface area contributed by atoms with Crippen molar-refractivity contribution in [2.45, 2.75) is 12.3 Å². The molecular weight excluding hydrogens is 214 g/mol. The molecule has 0 saturated carbocycles. The second kappa shape index (κ2) is 5.27. The Bertz CT molecular complexity index is 494. The second-order valence-electron chi connectivity index (χ2n) is 3.97. The maximum absolute atomic E-state index is 6.10. The molecule has 3 heteroatoms. The van der Waals surface area contributed by atoms with Crippen LogP contribution in [-0.4, -0.2) is 20.5 Å². The largest absolute Gasteiger partial charge is 0.354 e. The van der Waals surface area contributed by atoms with Crippen molar-refractivity contribution < 1.29 is 9.47 Å². The number of fused-ring (bicyclic) bond motifs is 1. The van der Waals surface area contributed by atoms with Gasteiger partial charge in [-0.3, -0.25) is 0 Å². The number of hydrogen-bond donors (Lipinski definition) is 1. The van der Waals surface area contributed by atoms with Gasteiger partial charge in [-0.2, -0.15) is 0 Å². The predicted molar refractivity (Wildman–Crippen MR) is 68.7 cm³/mol. The van der Waals surface area contributed by atoms with Crippen LogP contribution in [0.1, 0.15) is 11.6 Å². The maximum atomic E-state index is 6.10. The minimum Gasteiger partial charge on any atom is -0.354 e. The average Bonchev–Trinajstić information content (AvgIpc) is 2.39. The van der Waals surface area contributed by atoms with Gasteiger partial charge in [0, 0.05) is 14.2 Å². The first kappa shape index (κ1) is 12.0. The summed E-state index contributed by atoms with van der Waals surface area (Å²) >= 11 is 0. The first-order chi connectivity index (χ1) is 8.26. The molecule has 2 rings (SSSR count). The first-order valence-electron chi connectivity index (χ1n) is 5.56. The maximum Gasteiger partial charge on any atom is 0.175 e. The monoisotopic (exact) mass is 231 g/mol. The van der Waals surface area contributed by atoms with Crippen LogP contribution in [0, 0.1) is 0 Å². The molecule has 2 N–H and O–H groups in total. The Hall–Kier alpha value is -1.42. The van der Waals surface area contributed by atoms with Crippen molar-refractivity contribution in [2.75, 3.05) is 14.2 Å². The van der Waals surface area contributed by atoms with E-state index < -0.39 is 6.29 Å². The van der Waals surface area contributed by atoms with Crippen LogP contribution in [0.4, 0.5) is 0 Å². The van der Waals surface area contributed by atoms with Gasteiger partial charge in [-0.1, -0.05) is 36.4 Å². The number of rotatable bonds is 4. The Kier molecular flexibility index (Phi) is 3.74. The Morgan fingerprint density at radius 3 is 2.24 bits per heavy atom. The molecule has 3 nitrogen and oxygen atoms in total. The summed E-state index contributed by atoms with van der Waals surface area (Å²) in [6.07, 6.45) is -0.420. The van der Waals surface area contributed by atoms with Gasteiger partial charge in [-0.05, 0) is 22.4 Å². The normalized spacial score (nSPS) is 13.2. The summed E-state index contributed by atoms with van der Waals surface area (Å²) in [5.74, 6) is 0. The molecule has 0 aliphatic carbocycles. The van der Waals surface area contributed by atoms with Gasteiger partial charge >= 0.3 is 0 Å². The molecule has 1 unspecified atom stereocenters. The summed E-state index contributed by atoms with van der Waals surface area (Å²) in [7, 11) is 3.18. The molecule has 0 amide bonds. The lowest BCUT2D eigenvalue weighted by molar-refractivity contribution is -0.117. The number of hydrogen-bond acceptors (Lipinski definition) is 3. The minimum atomic E-state index is -0.420. The molecular formula is C14H17NO2. The van der Waals surface area contributed by atoms with E-state index in [-0.39, 0.29) is 6.04 Å². The average molecular weight is 231 g/mol. The zero-order chi connectivity index (χ0) is 12.3. The van der Waals surface area contributed by atoms with Crippen molar-refractivity contribution in [1.82, 2.24) is 0 Å². The second-order valence-corrected chi connectivity index (χ2v) is 3.97. The van der Waals surface area contributed by atoms with Crippen LogP contribution in [0.2, 0.25) is 0 Å². The topological polar surface area (TPSA) is 44.5 Å². The van der Waals surface area contributed by atoms with Crippen LogP contribution in [0.25, 0.3) is 10.8 Å². The standard InChI is InChI=1S/C14H17NO2/c1-16-14(17-2)13(15)12-8-7-10-5-3-4-6-11(10)9-12/h3-9,13-14H,15H2,1-2H3. The number of methoxy groups -OCH3 is 2. The molecule has 0 fully saturated rings. The van der Waals surface area contributed by atoms with Gasteiger partial charge in [0.2, 0.25) is 0 Å². The zero-order valence-electron chi connectivity index (χ0n) is 10.1. The van der Waals surface area contributed by atoms with Crippen LogP contribution in [0.5, 0.6) is 0 Å². The van der Waals surface area contributed by atoms with Crippen molar-refractivity contribution in [1.29, 1.82) is 0 Å². The van der Waals surface area contributed by atoms with E-state index in [4.69, 9.17) is 15.2 Å². The molecule has 2 aromatic carbocycles. The molecule has 0 bridgehead atoms. The minimum absolute atomic E-state index is 0.283. The third-order valence-corrected chi connectivity index (χ3v) is 2.92. The summed E-state index contributed by atoms with van der Waals surface area (Å²) in [5.41, 5.74) is 7.11. The van der Waals surface area contributed by atoms with E-state index in [2.05, 4.69) is 24.3 Å². The highest BCUT2D eigenvalue weighted by atomic mass is 16.7. The molecule has 17 heavy (non-hydrogen) atoms. The molecule has 0 aliphatic rings. The zero-order valence-corrected chi connectivity index (χ0v) is 10.1. The van der Waals surface area contributed by atoms with Gasteiger partial charge in [0.15, 0.2) is 6.29 Å². The van der Waals surface area contributed by atoms with E-state index >= 15 is 0 Å². The van der Waals surface area contributed by atoms with E-state index in [1.807, 2.05) is 18.2 Å². The van der Waals surface area contributed by atoms with E-state index in [0.717, 1.165) is 5.56 Å². The molecule has 2 aromatic rings. The lowest BCUT2D eigenvalue weighted by Crippen LogP contribution is -2.29. The Morgan fingerprint density at radius 2 is 1.59 bits per heavy atom. The summed E-state index contributed by atoms with van der Waals surface area (Å²) in [5, 5.41) is 2.38. The van der Waals surface area contributed by atoms with E-state index in [1.54, 1.807) is 14.2 Å². The van der Waals surface area contributed by atoms with Crippen molar-refractivity contribution in [2.24, 2.45) is 5.73 Å². The number of nitrogens with two attached hydrogens (primary N) is 1. The molecule has 90 valence electrons. The van der Waals surface area contributed by atoms with Gasteiger partial charge in [-0.15, -0.1) is 0 Å². The smallest absolute Gasteiger partial charge is 0.175 e. The van der Waals surface area contributed by atoms with Gasteiger partial charge in [0.05, 0.1) is 6.04 Å². The SMILES string of the molecule is COC(OC)C(N)c1ccc2ccccc2c1. The van der Waals surface area contributed by atoms with Crippen molar-refractivity contribution in [3.8, 4) is 0 Å². The van der Waals surface area contributed by atoms with Crippen molar-refractivity contribution in [3.63, 3.8) is 0 Å². The molecule has 1 atom stereocenters. The Morgan fingerprint density at radius 1 is 0.941 bits per heavy atom. The third-order valence-electron chi connectivity index (χ3n) is 2.92. The molecule has 0 heterocycles. The molecule has 0 aliphatic heterocycles. The van der Waals surface area contributed by atoms with Gasteiger partial charge in [0.25, 0.3) is 0 Å². The van der Waals surface area contributed by atoms with Crippen LogP contribution in [-0.2, 0) is 9.47 Å². The number of ether oxygens (including phenoxy) is 2. The van der Waals surface area contributed by atoms with Crippen molar-refractivity contribution >= 4 is 10.8 Å². The van der Waals surface area contributed by atoms with Gasteiger partial charge in [-0.25, -0.2) is 0 Å². The van der Waals surface area contributed by atoms with Gasteiger partial charge in [0.1, 0.15) is 0 Å². The van der Waals surface area contributed by atoms with E-state index in [0.29, 0.717) is 0 Å². The molecule has 0 aromatic heterocycles. The number of benzene rings is 2. The van der Waals surface area contributed by atoms with Crippen LogP contribution in [0.15, 0.2) is 42.5 Å². The highest BCUT2D eigenvalue weighted by Gasteiger charge is 2.18. The fourth-order valence-corrected chi connectivity index (χ4v) is 1.96. The van der Waals surface area contributed by atoms with Gasteiger partial charge < -0.3 is 15.2 Å². The van der Waals surface area contributed by atoms with E-state index in [9.17, 15) is 0 Å². The lowest BCUT2D eigenvalue weighted by atomic mass is 10.0. The summed E-state index contributed by atoms with van der Waals surface area (Å²) in [6, 6.07) is 14.1. The highest BCUT2D eigenvalue weighted by Crippen LogP contribution is 2.22. The molecule has 0 saturated heterocycles. The fraction of sp³-hybridized carbons (Fsp3) is 0.286. The third kappa shape index (κ3) is 2.47. The Balaban J connectivity index is 2.35. The highest BCUT2D eigenvalue weighted by molar-refractivity contribution is 5.83. The predicted octanol–water partition coefficient (Wildman–Crippen LogP) is 2.46. The summed E-state index contributed by atoms with van der Waals surface area (Å²) in [6.45, 7) is 0. The van der Waals surface area contributed by atoms with Crippen LogP contribution in [0.3, 0.4) is 0 Å². The fourth-order valence-electron chi connectivity index (χ4n) is 1.96. The first-order valence-corrected chi connectivity index (χ1v) is 5.56. The van der Waals surface area contributed by atoms with E-state index in [1.165, 1.54) is 10.8 Å².